The zero-order valence-electron chi connectivity index (χ0n) is 34.5. The largest absolute Gasteiger partial charge is 0.444 e. The minimum atomic E-state index is -1.42. The number of carbonyl (C=O) groups is 4. The first kappa shape index (κ1) is 44.8. The van der Waals surface area contributed by atoms with Crippen molar-refractivity contribution in [3.8, 4) is 0 Å². The van der Waals surface area contributed by atoms with Crippen LogP contribution < -0.4 is 10.6 Å². The predicted molar refractivity (Wildman–Crippen MR) is 218 cm³/mol. The van der Waals surface area contributed by atoms with Gasteiger partial charge >= 0.3 is 6.09 Å². The third-order valence-corrected chi connectivity index (χ3v) is 10.1. The molecule has 0 spiro atoms. The summed E-state index contributed by atoms with van der Waals surface area (Å²) in [6.07, 6.45) is 11.2. The third-order valence-electron chi connectivity index (χ3n) is 10.1. The van der Waals surface area contributed by atoms with Crippen molar-refractivity contribution in [2.45, 2.75) is 131 Å². The van der Waals surface area contributed by atoms with Gasteiger partial charge in [0.2, 0.25) is 5.91 Å². The quantitative estimate of drug-likeness (QED) is 0.117. The molecule has 2 N–H and O–H groups in total. The average molecular weight is 757 g/mol. The predicted octanol–water partition coefficient (Wildman–Crippen LogP) is 8.90. The maximum Gasteiger partial charge on any atom is 0.408 e. The molecule has 4 atom stereocenters. The number of imidazole rings is 1. The molecule has 1 saturated carbocycles. The Hall–Kier alpha value is -4.57. The van der Waals surface area contributed by atoms with Crippen molar-refractivity contribution in [1.29, 1.82) is 0 Å². The van der Waals surface area contributed by atoms with Crippen molar-refractivity contribution in [2.75, 3.05) is 6.61 Å². The van der Waals surface area contributed by atoms with E-state index in [-0.39, 0.29) is 30.3 Å². The maximum absolute atomic E-state index is 13.7. The molecular weight excluding hydrogens is 693 g/mol. The summed E-state index contributed by atoms with van der Waals surface area (Å²) in [7, 11) is 0. The van der Waals surface area contributed by atoms with Crippen LogP contribution in [0.15, 0.2) is 79.8 Å². The second-order valence-electron chi connectivity index (χ2n) is 16.5. The lowest BCUT2D eigenvalue weighted by Gasteiger charge is -2.29. The van der Waals surface area contributed by atoms with Gasteiger partial charge in [-0.15, -0.1) is 0 Å². The van der Waals surface area contributed by atoms with Crippen LogP contribution in [0.1, 0.15) is 124 Å². The Kier molecular flexibility index (Phi) is 17.1. The Morgan fingerprint density at radius 2 is 1.56 bits per heavy atom. The van der Waals surface area contributed by atoms with E-state index in [4.69, 9.17) is 9.47 Å². The highest BCUT2D eigenvalue weighted by Gasteiger charge is 2.35. The van der Waals surface area contributed by atoms with Gasteiger partial charge in [0.1, 0.15) is 23.2 Å². The zero-order valence-corrected chi connectivity index (χ0v) is 34.5. The van der Waals surface area contributed by atoms with Crippen LogP contribution in [0.3, 0.4) is 0 Å². The number of ketones is 2. The molecule has 300 valence electrons. The summed E-state index contributed by atoms with van der Waals surface area (Å²) < 4.78 is 12.7. The summed E-state index contributed by atoms with van der Waals surface area (Å²) in [5.41, 5.74) is -0.242. The van der Waals surface area contributed by atoms with Gasteiger partial charge in [-0.2, -0.15) is 0 Å². The fourth-order valence-electron chi connectivity index (χ4n) is 6.71. The molecule has 1 aliphatic carbocycles. The molecule has 2 amide bonds. The molecule has 0 aliphatic heterocycles. The van der Waals surface area contributed by atoms with Gasteiger partial charge in [0, 0.05) is 11.8 Å². The van der Waals surface area contributed by atoms with Gasteiger partial charge < -0.3 is 24.7 Å². The molecule has 10 heteroatoms. The number of hydrogen-bond acceptors (Lipinski definition) is 7. The van der Waals surface area contributed by atoms with Crippen molar-refractivity contribution < 1.29 is 28.7 Å². The fourth-order valence-corrected chi connectivity index (χ4v) is 6.71. The summed E-state index contributed by atoms with van der Waals surface area (Å²) in [6, 6.07) is 16.8. The molecule has 1 fully saturated rings. The second-order valence-corrected chi connectivity index (χ2v) is 16.5. The smallest absolute Gasteiger partial charge is 0.408 e. The van der Waals surface area contributed by atoms with Crippen LogP contribution in [0.5, 0.6) is 0 Å². The normalized spacial score (nSPS) is 17.1. The topological polar surface area (TPSA) is 129 Å². The first-order chi connectivity index (χ1) is 25.9. The molecule has 55 heavy (non-hydrogen) atoms. The fraction of sp³-hybridized carbons (Fsp3) is 0.533. The van der Waals surface area contributed by atoms with Crippen molar-refractivity contribution in [2.24, 2.45) is 17.8 Å². The van der Waals surface area contributed by atoms with Crippen LogP contribution in [-0.4, -0.2) is 56.9 Å². The number of alkyl carbamates (subject to hydrolysis) is 1. The molecule has 1 aliphatic rings. The van der Waals surface area contributed by atoms with Crippen molar-refractivity contribution >= 4 is 29.1 Å². The summed E-state index contributed by atoms with van der Waals surface area (Å²) in [5.74, 6) is 1.74. The first-order valence-electron chi connectivity index (χ1n) is 19.7. The van der Waals surface area contributed by atoms with E-state index >= 15 is 0 Å². The number of nitrogens with one attached hydrogen (secondary N) is 2. The van der Waals surface area contributed by atoms with Crippen LogP contribution in [-0.2, 0) is 30.5 Å². The number of hydrogen-bond donors (Lipinski definition) is 2. The van der Waals surface area contributed by atoms with E-state index in [0.29, 0.717) is 0 Å². The van der Waals surface area contributed by atoms with Crippen LogP contribution in [0.2, 0.25) is 0 Å². The van der Waals surface area contributed by atoms with Gasteiger partial charge in [0.05, 0.1) is 25.2 Å². The van der Waals surface area contributed by atoms with E-state index in [1.54, 1.807) is 31.5 Å². The minimum Gasteiger partial charge on any atom is -0.444 e. The highest BCUT2D eigenvalue weighted by atomic mass is 16.6. The molecule has 4 rings (SSSR count). The Bertz CT molecular complexity index is 1690. The van der Waals surface area contributed by atoms with E-state index in [2.05, 4.69) is 43.0 Å². The number of carbonyl (C=O) groups excluding carboxylic acids is 4. The molecule has 1 aromatic heterocycles. The van der Waals surface area contributed by atoms with Gasteiger partial charge in [-0.3, -0.25) is 14.4 Å². The molecule has 10 nitrogen and oxygen atoms in total. The maximum atomic E-state index is 13.7. The highest BCUT2D eigenvalue weighted by Crippen LogP contribution is 2.32. The van der Waals surface area contributed by atoms with Gasteiger partial charge in [0.25, 0.3) is 0 Å². The molecule has 2 aromatic carbocycles. The SMILES string of the molecule is C=C(C(=O)[C@@H](COCc1ccccc1)NC(=O)C(C)(C)NC(=O)OC(C)(C)C)c1cn(C(C(C)=O)c2ccccc2)cn1.CCC1CCCC(C(C)C)CC1. The van der Waals surface area contributed by atoms with E-state index in [0.717, 1.165) is 28.9 Å². The van der Waals surface area contributed by atoms with Gasteiger partial charge in [-0.25, -0.2) is 9.78 Å². The van der Waals surface area contributed by atoms with E-state index in [9.17, 15) is 19.2 Å². The standard InChI is InChI=1S/C33H40N4O6.C12H24/c1-22(26-18-37(21-34-26)28(23(2)38)25-16-12-9-13-17-25)29(39)27(20-42-19-24-14-10-8-11-15-24)35-30(40)33(6,7)36-31(41)43-32(3,4)5;1-4-11-6-5-7-12(9-8-11)10(2)3/h8-18,21,27-28H,1,19-20H2,2-7H3,(H,35,40)(H,36,41);10-12H,4-9H2,1-3H3/t27-,28?;/m1./s1. The number of benzene rings is 2. The van der Waals surface area contributed by atoms with E-state index in [1.807, 2.05) is 60.7 Å². The number of rotatable bonds is 15. The molecule has 0 saturated heterocycles. The van der Waals surface area contributed by atoms with Gasteiger partial charge in [-0.05, 0) is 76.8 Å². The molecule has 0 radical (unpaired) electrons. The molecule has 1 heterocycles. The number of nitrogens with zero attached hydrogens (tertiary/aromatic N) is 2. The summed E-state index contributed by atoms with van der Waals surface area (Å²) in [5, 5.41) is 5.25. The zero-order chi connectivity index (χ0) is 40.8. The van der Waals surface area contributed by atoms with E-state index < -0.39 is 41.0 Å². The minimum absolute atomic E-state index is 0.0284. The highest BCUT2D eigenvalue weighted by molar-refractivity contribution is 6.22. The van der Waals surface area contributed by atoms with Crippen molar-refractivity contribution in [3.63, 3.8) is 0 Å². The average Bonchev–Trinajstić information content (AvgIpc) is 3.46. The van der Waals surface area contributed by atoms with Crippen LogP contribution >= 0.6 is 0 Å². The third kappa shape index (κ3) is 14.5. The van der Waals surface area contributed by atoms with Gasteiger partial charge in [0.15, 0.2) is 11.6 Å². The lowest BCUT2D eigenvalue weighted by molar-refractivity contribution is -0.130. The van der Waals surface area contributed by atoms with Gasteiger partial charge in [-0.1, -0.05) is 120 Å². The van der Waals surface area contributed by atoms with Crippen LogP contribution in [0, 0.1) is 17.8 Å². The summed E-state index contributed by atoms with van der Waals surface area (Å²) in [6.45, 7) is 20.7. The second kappa shape index (κ2) is 20.9. The Balaban J connectivity index is 0.000000574. The van der Waals surface area contributed by atoms with Crippen LogP contribution in [0.4, 0.5) is 4.79 Å². The van der Waals surface area contributed by atoms with Crippen molar-refractivity contribution in [3.05, 3.63) is 96.6 Å². The molecule has 3 aromatic rings. The monoisotopic (exact) mass is 756 g/mol. The van der Waals surface area contributed by atoms with E-state index in [1.165, 1.54) is 65.6 Å². The molecule has 3 unspecified atom stereocenters. The first-order valence-corrected chi connectivity index (χ1v) is 19.7. The number of Topliss-reactive ketones (excluding diaryl/α,β-unsaturated/α-hetero) is 2. The number of aromatic nitrogens is 2. The molecule has 0 bridgehead atoms. The Labute approximate surface area is 328 Å². The lowest BCUT2D eigenvalue weighted by Crippen LogP contribution is -2.59. The van der Waals surface area contributed by atoms with Crippen LogP contribution in [0.25, 0.3) is 5.57 Å². The summed E-state index contributed by atoms with van der Waals surface area (Å²) >= 11 is 0. The summed E-state index contributed by atoms with van der Waals surface area (Å²) in [4.78, 5) is 56.3. The Morgan fingerprint density at radius 1 is 0.927 bits per heavy atom. The number of ether oxygens (including phenoxy) is 2. The van der Waals surface area contributed by atoms with Crippen molar-refractivity contribution in [1.82, 2.24) is 20.2 Å². The Morgan fingerprint density at radius 3 is 2.15 bits per heavy atom. The number of amides is 2. The molecular formula is C45H64N4O6. The lowest BCUT2D eigenvalue weighted by atomic mass is 9.88.